The van der Waals surface area contributed by atoms with E-state index in [1.807, 2.05) is 0 Å². The number of halogens is 3. The average molecular weight is 208 g/mol. The van der Waals surface area contributed by atoms with Crippen molar-refractivity contribution in [2.24, 2.45) is 0 Å². The van der Waals surface area contributed by atoms with Gasteiger partial charge in [-0.3, -0.25) is 0 Å². The van der Waals surface area contributed by atoms with E-state index in [1.54, 1.807) is 0 Å². The van der Waals surface area contributed by atoms with Crippen LogP contribution in [0.25, 0.3) is 0 Å². The third kappa shape index (κ3) is 4.73. The molecule has 0 fully saturated rings. The fourth-order valence-electron chi connectivity index (χ4n) is 0.698. The quantitative estimate of drug-likeness (QED) is 0.585. The molecular weight excluding hydrogens is 200 g/mol. The van der Waals surface area contributed by atoms with Gasteiger partial charge in [0.15, 0.2) is 0 Å². The van der Waals surface area contributed by atoms with Crippen LogP contribution in [0, 0.1) is 0 Å². The fourth-order valence-corrected chi connectivity index (χ4v) is 0.698. The second kappa shape index (κ2) is 5.51. The normalized spacial score (nSPS) is 9.64. The third-order valence-electron chi connectivity index (χ3n) is 1.14. The van der Waals surface area contributed by atoms with E-state index in [9.17, 15) is 13.2 Å². The summed E-state index contributed by atoms with van der Waals surface area (Å²) in [6.07, 6.45) is -4.69. The van der Waals surface area contributed by atoms with Crippen molar-refractivity contribution in [2.45, 2.75) is 6.36 Å². The molecule has 0 atom stereocenters. The van der Waals surface area contributed by atoms with Crippen LogP contribution in [-0.2, 0) is 0 Å². The largest absolute Gasteiger partial charge is 0.573 e. The topological polar surface area (TPSA) is 72.2 Å². The lowest BCUT2D eigenvalue weighted by Gasteiger charge is -2.10. The van der Waals surface area contributed by atoms with Crippen molar-refractivity contribution >= 4 is 13.3 Å². The van der Waals surface area contributed by atoms with Crippen molar-refractivity contribution in [3.63, 3.8) is 0 Å². The first kappa shape index (κ1) is 15.3. The molecule has 14 heavy (non-hydrogen) atoms. The molecule has 0 aliphatic carbocycles. The standard InChI is InChI=1S/C7H4BF3O.2H2O/c8-5-3-1-2-4-6(5)12-7(9,10)11;;/h1-4H;2*1H2. The Bertz CT molecular complexity index is 277. The van der Waals surface area contributed by atoms with Gasteiger partial charge in [0.25, 0.3) is 0 Å². The SMILES string of the molecule is O.O.[B]c1ccccc1OC(F)(F)F. The molecule has 0 saturated heterocycles. The summed E-state index contributed by atoms with van der Waals surface area (Å²) in [5.74, 6) is -0.370. The maximum atomic E-state index is 11.6. The minimum absolute atomic E-state index is 0. The van der Waals surface area contributed by atoms with E-state index in [2.05, 4.69) is 4.74 Å². The summed E-state index contributed by atoms with van der Waals surface area (Å²) in [4.78, 5) is 0. The predicted octanol–water partition coefficient (Wildman–Crippen LogP) is -0.270. The van der Waals surface area contributed by atoms with Crippen LogP contribution in [-0.4, -0.2) is 25.2 Å². The molecule has 7 heteroatoms. The summed E-state index contributed by atoms with van der Waals surface area (Å²) >= 11 is 0. The lowest BCUT2D eigenvalue weighted by Crippen LogP contribution is -2.21. The Balaban J connectivity index is 0. The molecule has 1 aromatic rings. The molecule has 2 radical (unpaired) electrons. The molecule has 0 amide bonds. The van der Waals surface area contributed by atoms with E-state index in [4.69, 9.17) is 7.85 Å². The van der Waals surface area contributed by atoms with E-state index in [1.165, 1.54) is 18.2 Å². The fraction of sp³-hybridized carbons (Fsp3) is 0.143. The number of hydrogen-bond acceptors (Lipinski definition) is 1. The molecular formula is C7H8BF3O3. The highest BCUT2D eigenvalue weighted by molar-refractivity contribution is 6.34. The van der Waals surface area contributed by atoms with E-state index < -0.39 is 6.36 Å². The highest BCUT2D eigenvalue weighted by Gasteiger charge is 2.31. The molecule has 0 aliphatic rings. The molecule has 0 spiro atoms. The molecule has 0 heterocycles. The zero-order valence-electron chi connectivity index (χ0n) is 6.93. The van der Waals surface area contributed by atoms with Crippen molar-refractivity contribution in [3.05, 3.63) is 24.3 Å². The highest BCUT2D eigenvalue weighted by atomic mass is 19.4. The first-order chi connectivity index (χ1) is 5.49. The molecule has 78 valence electrons. The molecule has 1 rings (SSSR count). The number of benzene rings is 1. The lowest BCUT2D eigenvalue weighted by molar-refractivity contribution is -0.274. The van der Waals surface area contributed by atoms with Crippen LogP contribution in [0.4, 0.5) is 13.2 Å². The summed E-state index contributed by atoms with van der Waals surface area (Å²) in [5.41, 5.74) is -0.0326. The second-order valence-corrected chi connectivity index (χ2v) is 2.09. The van der Waals surface area contributed by atoms with Gasteiger partial charge in [0.05, 0.1) is 0 Å². The Hall–Kier alpha value is -1.21. The Morgan fingerprint density at radius 3 is 2.00 bits per heavy atom. The predicted molar refractivity (Wildman–Crippen MR) is 45.7 cm³/mol. The Labute approximate surface area is 79.5 Å². The van der Waals surface area contributed by atoms with Crippen molar-refractivity contribution in [1.82, 2.24) is 0 Å². The van der Waals surface area contributed by atoms with Crippen LogP contribution < -0.4 is 10.2 Å². The zero-order chi connectivity index (χ0) is 9.19. The molecule has 1 aromatic carbocycles. The van der Waals surface area contributed by atoms with Gasteiger partial charge in [-0.15, -0.1) is 13.2 Å². The van der Waals surface area contributed by atoms with Gasteiger partial charge in [0, 0.05) is 0 Å². The maximum absolute atomic E-state index is 11.6. The number of rotatable bonds is 1. The Morgan fingerprint density at radius 1 is 1.07 bits per heavy atom. The number of ether oxygens (including phenoxy) is 1. The Kier molecular flexibility index (Phi) is 6.01. The second-order valence-electron chi connectivity index (χ2n) is 2.09. The molecule has 0 aliphatic heterocycles. The third-order valence-corrected chi connectivity index (χ3v) is 1.14. The first-order valence-electron chi connectivity index (χ1n) is 3.09. The van der Waals surface area contributed by atoms with Gasteiger partial charge in [-0.1, -0.05) is 23.7 Å². The molecule has 4 N–H and O–H groups in total. The van der Waals surface area contributed by atoms with Crippen LogP contribution in [0.2, 0.25) is 0 Å². The van der Waals surface area contributed by atoms with Gasteiger partial charge in [0.2, 0.25) is 0 Å². The van der Waals surface area contributed by atoms with Crippen LogP contribution in [0.15, 0.2) is 24.3 Å². The molecule has 0 saturated carbocycles. The van der Waals surface area contributed by atoms with Crippen LogP contribution in [0.5, 0.6) is 5.75 Å². The van der Waals surface area contributed by atoms with E-state index in [0.29, 0.717) is 0 Å². The van der Waals surface area contributed by atoms with Crippen molar-refractivity contribution in [1.29, 1.82) is 0 Å². The summed E-state index contributed by atoms with van der Waals surface area (Å²) in [6.45, 7) is 0. The van der Waals surface area contributed by atoms with E-state index in [0.717, 1.165) is 6.07 Å². The summed E-state index contributed by atoms with van der Waals surface area (Å²) in [6, 6.07) is 5.43. The number of hydrogen-bond donors (Lipinski definition) is 0. The maximum Gasteiger partial charge on any atom is 0.573 e. The monoisotopic (exact) mass is 208 g/mol. The molecule has 0 aromatic heterocycles. The summed E-state index contributed by atoms with van der Waals surface area (Å²) in [5, 5.41) is 0. The van der Waals surface area contributed by atoms with Gasteiger partial charge in [-0.25, -0.2) is 0 Å². The van der Waals surface area contributed by atoms with Crippen LogP contribution >= 0.6 is 0 Å². The highest BCUT2D eigenvalue weighted by Crippen LogP contribution is 2.19. The van der Waals surface area contributed by atoms with Crippen molar-refractivity contribution in [2.75, 3.05) is 0 Å². The molecule has 0 bridgehead atoms. The van der Waals surface area contributed by atoms with E-state index >= 15 is 0 Å². The summed E-state index contributed by atoms with van der Waals surface area (Å²) < 4.78 is 38.5. The summed E-state index contributed by atoms with van der Waals surface area (Å²) in [7, 11) is 5.20. The minimum Gasteiger partial charge on any atom is -0.412 e. The molecule has 3 nitrogen and oxygen atoms in total. The molecule has 0 unspecified atom stereocenters. The number of alkyl halides is 3. The van der Waals surface area contributed by atoms with Gasteiger partial charge < -0.3 is 15.7 Å². The van der Waals surface area contributed by atoms with Gasteiger partial charge >= 0.3 is 6.36 Å². The number of para-hydroxylation sites is 1. The van der Waals surface area contributed by atoms with Crippen LogP contribution in [0.1, 0.15) is 0 Å². The van der Waals surface area contributed by atoms with Gasteiger partial charge in [0.1, 0.15) is 13.6 Å². The lowest BCUT2D eigenvalue weighted by atomic mass is 9.95. The Morgan fingerprint density at radius 2 is 1.57 bits per heavy atom. The smallest absolute Gasteiger partial charge is 0.412 e. The van der Waals surface area contributed by atoms with Crippen molar-refractivity contribution in [3.8, 4) is 5.75 Å². The van der Waals surface area contributed by atoms with Gasteiger partial charge in [-0.2, -0.15) is 0 Å². The van der Waals surface area contributed by atoms with Gasteiger partial charge in [-0.05, 0) is 6.07 Å². The van der Waals surface area contributed by atoms with E-state index in [-0.39, 0.29) is 22.2 Å². The zero-order valence-corrected chi connectivity index (χ0v) is 6.93. The average Bonchev–Trinajstić information content (AvgIpc) is 1.91. The first-order valence-corrected chi connectivity index (χ1v) is 3.09. The van der Waals surface area contributed by atoms with Crippen molar-refractivity contribution < 1.29 is 28.9 Å². The minimum atomic E-state index is -4.69. The van der Waals surface area contributed by atoms with Crippen LogP contribution in [0.3, 0.4) is 0 Å².